The Labute approximate surface area is 141 Å². The molecule has 25 heavy (non-hydrogen) atoms. The zero-order valence-electron chi connectivity index (χ0n) is 12.8. The number of hydrogen-bond donors (Lipinski definition) is 2. The van der Waals surface area contributed by atoms with Crippen molar-refractivity contribution < 1.29 is 19.4 Å². The molecule has 0 unspecified atom stereocenters. The van der Waals surface area contributed by atoms with E-state index in [1.807, 2.05) is 6.07 Å². The number of carbonyl (C=O) groups is 1. The molecule has 0 bridgehead atoms. The first-order valence-corrected chi connectivity index (χ1v) is 7.23. The smallest absolute Gasteiger partial charge is 0.405 e. The molecule has 0 saturated heterocycles. The second-order valence-corrected chi connectivity index (χ2v) is 5.02. The molecule has 0 fully saturated rings. The van der Waals surface area contributed by atoms with E-state index < -0.39 is 18.3 Å². The van der Waals surface area contributed by atoms with Crippen LogP contribution in [-0.2, 0) is 4.74 Å². The van der Waals surface area contributed by atoms with E-state index >= 15 is 0 Å². The van der Waals surface area contributed by atoms with Crippen molar-refractivity contribution in [3.8, 4) is 6.07 Å². The molecule has 0 aliphatic rings. The van der Waals surface area contributed by atoms with Gasteiger partial charge in [-0.05, 0) is 18.2 Å². The van der Waals surface area contributed by atoms with E-state index in [1.165, 1.54) is 18.2 Å². The molecule has 3 aromatic rings. The van der Waals surface area contributed by atoms with Gasteiger partial charge in [0.25, 0.3) is 0 Å². The van der Waals surface area contributed by atoms with Crippen LogP contribution in [-0.4, -0.2) is 27.7 Å². The van der Waals surface area contributed by atoms with Gasteiger partial charge < -0.3 is 20.0 Å². The van der Waals surface area contributed by atoms with E-state index in [0.29, 0.717) is 15.8 Å². The van der Waals surface area contributed by atoms with Crippen molar-refractivity contribution in [1.82, 2.24) is 9.97 Å². The highest BCUT2D eigenvalue weighted by molar-refractivity contribution is 5.86. The number of nitrogens with one attached hydrogen (secondary N) is 1. The molecular formula is C17H12N4O4. The predicted molar refractivity (Wildman–Crippen MR) is 86.9 cm³/mol. The number of ether oxygens (including phenoxy) is 1. The summed E-state index contributed by atoms with van der Waals surface area (Å²) >= 11 is 0. The fourth-order valence-electron chi connectivity index (χ4n) is 2.19. The maximum atomic E-state index is 11.9. The van der Waals surface area contributed by atoms with Gasteiger partial charge in [0, 0.05) is 12.1 Å². The highest BCUT2D eigenvalue weighted by Crippen LogP contribution is 2.18. The molecule has 3 rings (SSSR count). The van der Waals surface area contributed by atoms with Crippen molar-refractivity contribution in [1.29, 1.82) is 5.26 Å². The zero-order chi connectivity index (χ0) is 17.8. The Morgan fingerprint density at radius 2 is 2.08 bits per heavy atom. The normalized spacial score (nSPS) is 11.6. The van der Waals surface area contributed by atoms with Gasteiger partial charge in [-0.2, -0.15) is 9.99 Å². The Morgan fingerprint density at radius 1 is 1.32 bits per heavy atom. The van der Waals surface area contributed by atoms with Gasteiger partial charge in [-0.1, -0.05) is 12.1 Å². The first kappa shape index (κ1) is 16.0. The highest BCUT2D eigenvalue weighted by atomic mass is 16.5. The van der Waals surface area contributed by atoms with Gasteiger partial charge in [-0.25, -0.2) is 9.78 Å². The van der Waals surface area contributed by atoms with Crippen LogP contribution in [0.3, 0.4) is 0 Å². The molecule has 0 radical (unpaired) electrons. The molecule has 0 aliphatic heterocycles. The number of hydrogen-bond acceptors (Lipinski definition) is 6. The number of imidazole rings is 1. The van der Waals surface area contributed by atoms with Gasteiger partial charge >= 0.3 is 11.7 Å². The topological polar surface area (TPSA) is 126 Å². The molecule has 1 aromatic carbocycles. The standard InChI is InChI=1S/C17H12N4O4/c18-9-11(16-19-12-5-1-2-6-13(12)20-16)15(22)10-25-17(23)14-7-3-4-8-21(14)24/h1-8,22H,10H2,(H,19,20)/b15-11-. The first-order valence-electron chi connectivity index (χ1n) is 7.23. The number of rotatable bonds is 4. The van der Waals surface area contributed by atoms with Crippen molar-refractivity contribution >= 4 is 22.6 Å². The Balaban J connectivity index is 1.81. The molecule has 2 heterocycles. The van der Waals surface area contributed by atoms with Crippen LogP contribution in [0.4, 0.5) is 0 Å². The lowest BCUT2D eigenvalue weighted by atomic mass is 10.2. The first-order chi connectivity index (χ1) is 12.1. The number of nitrogens with zero attached hydrogens (tertiary/aromatic N) is 3. The number of esters is 1. The zero-order valence-corrected chi connectivity index (χ0v) is 12.8. The molecule has 0 saturated carbocycles. The average molecular weight is 336 g/mol. The third kappa shape index (κ3) is 3.25. The monoisotopic (exact) mass is 336 g/mol. The second kappa shape index (κ2) is 6.72. The average Bonchev–Trinajstić information content (AvgIpc) is 3.04. The summed E-state index contributed by atoms with van der Waals surface area (Å²) in [5.41, 5.74) is 0.961. The number of benzene rings is 1. The maximum Gasteiger partial charge on any atom is 0.405 e. The van der Waals surface area contributed by atoms with E-state index in [0.717, 1.165) is 6.20 Å². The molecule has 8 heteroatoms. The van der Waals surface area contributed by atoms with Gasteiger partial charge in [0.15, 0.2) is 24.4 Å². The van der Waals surface area contributed by atoms with Crippen LogP contribution in [0.25, 0.3) is 16.6 Å². The summed E-state index contributed by atoms with van der Waals surface area (Å²) in [4.78, 5) is 19.0. The van der Waals surface area contributed by atoms with E-state index in [1.54, 1.807) is 24.3 Å². The molecule has 0 spiro atoms. The Morgan fingerprint density at radius 3 is 2.80 bits per heavy atom. The summed E-state index contributed by atoms with van der Waals surface area (Å²) in [5.74, 6) is -1.22. The predicted octanol–water partition coefficient (Wildman–Crippen LogP) is 1.85. The minimum atomic E-state index is -0.913. The Kier molecular flexibility index (Phi) is 4.30. The van der Waals surface area contributed by atoms with Crippen molar-refractivity contribution in [3.05, 3.63) is 71.1 Å². The van der Waals surface area contributed by atoms with Crippen molar-refractivity contribution in [3.63, 3.8) is 0 Å². The number of carbonyl (C=O) groups excluding carboxylic acids is 1. The van der Waals surface area contributed by atoms with Gasteiger partial charge in [-0.15, -0.1) is 0 Å². The van der Waals surface area contributed by atoms with Crippen LogP contribution in [0, 0.1) is 16.5 Å². The van der Waals surface area contributed by atoms with Crippen LogP contribution < -0.4 is 4.73 Å². The SMILES string of the molecule is N#C/C(=C(/O)COC(=O)c1cccc[n+]1[O-])c1nc2ccccc2[nH]1. The molecule has 0 aliphatic carbocycles. The number of nitriles is 1. The van der Waals surface area contributed by atoms with E-state index in [2.05, 4.69) is 9.97 Å². The van der Waals surface area contributed by atoms with Gasteiger partial charge in [0.05, 0.1) is 11.0 Å². The molecular weight excluding hydrogens is 324 g/mol. The van der Waals surface area contributed by atoms with Crippen molar-refractivity contribution in [2.75, 3.05) is 6.61 Å². The lowest BCUT2D eigenvalue weighted by Crippen LogP contribution is -2.34. The third-order valence-corrected chi connectivity index (χ3v) is 3.40. The number of para-hydroxylation sites is 2. The molecule has 124 valence electrons. The van der Waals surface area contributed by atoms with E-state index in [4.69, 9.17) is 4.74 Å². The number of aromatic nitrogens is 3. The summed E-state index contributed by atoms with van der Waals surface area (Å²) in [6.45, 7) is -0.562. The van der Waals surface area contributed by atoms with E-state index in [9.17, 15) is 20.4 Å². The number of allylic oxidation sites excluding steroid dienone is 1. The summed E-state index contributed by atoms with van der Waals surface area (Å²) in [6.07, 6.45) is 1.15. The molecule has 0 amide bonds. The Bertz CT molecular complexity index is 984. The Hall–Kier alpha value is -3.86. The lowest BCUT2D eigenvalue weighted by Gasteiger charge is -2.05. The number of fused-ring (bicyclic) bond motifs is 1. The number of pyridine rings is 1. The lowest BCUT2D eigenvalue weighted by molar-refractivity contribution is -0.608. The second-order valence-electron chi connectivity index (χ2n) is 5.02. The maximum absolute atomic E-state index is 11.9. The third-order valence-electron chi connectivity index (χ3n) is 3.40. The van der Waals surface area contributed by atoms with Crippen molar-refractivity contribution in [2.24, 2.45) is 0 Å². The minimum Gasteiger partial charge on any atom is -0.618 e. The number of H-pyrrole nitrogens is 1. The van der Waals surface area contributed by atoms with Crippen LogP contribution in [0.5, 0.6) is 0 Å². The van der Waals surface area contributed by atoms with Crippen LogP contribution in [0.15, 0.2) is 54.4 Å². The summed E-state index contributed by atoms with van der Waals surface area (Å²) in [5, 5.41) is 30.9. The summed E-state index contributed by atoms with van der Waals surface area (Å²) in [7, 11) is 0. The largest absolute Gasteiger partial charge is 0.618 e. The molecule has 8 nitrogen and oxygen atoms in total. The van der Waals surface area contributed by atoms with Crippen molar-refractivity contribution in [2.45, 2.75) is 0 Å². The minimum absolute atomic E-state index is 0.146. The van der Waals surface area contributed by atoms with Gasteiger partial charge in [0.1, 0.15) is 11.6 Å². The van der Waals surface area contributed by atoms with Crippen LogP contribution in [0.2, 0.25) is 0 Å². The highest BCUT2D eigenvalue weighted by Gasteiger charge is 2.19. The fourth-order valence-corrected chi connectivity index (χ4v) is 2.19. The number of aromatic amines is 1. The molecule has 2 aromatic heterocycles. The van der Waals surface area contributed by atoms with Crippen LogP contribution >= 0.6 is 0 Å². The fraction of sp³-hybridized carbons (Fsp3) is 0.0588. The molecule has 2 N–H and O–H groups in total. The number of aliphatic hydroxyl groups excluding tert-OH is 1. The number of aliphatic hydroxyl groups is 1. The summed E-state index contributed by atoms with van der Waals surface area (Å²) in [6, 6.07) is 13.2. The molecule has 0 atom stereocenters. The van der Waals surface area contributed by atoms with E-state index in [-0.39, 0.29) is 17.1 Å². The van der Waals surface area contributed by atoms with Gasteiger partial charge in [0.2, 0.25) is 0 Å². The summed E-state index contributed by atoms with van der Waals surface area (Å²) < 4.78 is 5.24. The van der Waals surface area contributed by atoms with Gasteiger partial charge in [-0.3, -0.25) is 0 Å². The van der Waals surface area contributed by atoms with Crippen LogP contribution in [0.1, 0.15) is 16.3 Å². The quantitative estimate of drug-likeness (QED) is 0.246.